The lowest BCUT2D eigenvalue weighted by atomic mass is 9.76. The van der Waals surface area contributed by atoms with Gasteiger partial charge in [0.05, 0.1) is 13.2 Å². The Kier molecular flexibility index (Phi) is 3.61. The average molecular weight is 232 g/mol. The van der Waals surface area contributed by atoms with Crippen LogP contribution in [0.25, 0.3) is 6.08 Å². The average Bonchev–Trinajstić information content (AvgIpc) is 2.70. The summed E-state index contributed by atoms with van der Waals surface area (Å²) >= 11 is 0. The van der Waals surface area contributed by atoms with E-state index >= 15 is 0 Å². The second kappa shape index (κ2) is 5.16. The van der Waals surface area contributed by atoms with Gasteiger partial charge in [-0.05, 0) is 29.6 Å². The fourth-order valence-corrected chi connectivity index (χ4v) is 1.81. The van der Waals surface area contributed by atoms with Crippen LogP contribution in [0.3, 0.4) is 0 Å². The van der Waals surface area contributed by atoms with Crippen molar-refractivity contribution in [3.8, 4) is 0 Å². The van der Waals surface area contributed by atoms with E-state index in [0.717, 1.165) is 16.6 Å². The number of rotatable bonds is 3. The molecule has 0 spiro atoms. The number of fused-ring (bicyclic) bond motifs is 1. The molecule has 0 saturated carbocycles. The molecule has 0 fully saturated rings. The van der Waals surface area contributed by atoms with E-state index in [-0.39, 0.29) is 0 Å². The Balaban J connectivity index is 2.23. The molecule has 1 heterocycles. The maximum Gasteiger partial charge on any atom is 0.492 e. The molecule has 0 unspecified atom stereocenters. The Morgan fingerprint density at radius 1 is 1.65 bits per heavy atom. The van der Waals surface area contributed by atoms with Crippen LogP contribution in [0.4, 0.5) is 0 Å². The van der Waals surface area contributed by atoms with Crippen molar-refractivity contribution in [1.29, 1.82) is 0 Å². The first kappa shape index (κ1) is 11.9. The van der Waals surface area contributed by atoms with Gasteiger partial charge in [-0.15, -0.1) is 0 Å². The smallest absolute Gasteiger partial charge is 0.463 e. The molecule has 4 nitrogen and oxygen atoms in total. The van der Waals surface area contributed by atoms with Crippen LogP contribution >= 0.6 is 0 Å². The van der Waals surface area contributed by atoms with Gasteiger partial charge in [0.25, 0.3) is 0 Å². The lowest BCUT2D eigenvalue weighted by molar-refractivity contribution is -0.137. The van der Waals surface area contributed by atoms with E-state index in [1.54, 1.807) is 13.0 Å². The van der Waals surface area contributed by atoms with Gasteiger partial charge in [0, 0.05) is 6.08 Å². The predicted molar refractivity (Wildman–Crippen MR) is 64.5 cm³/mol. The lowest BCUT2D eigenvalue weighted by Crippen LogP contribution is -2.30. The van der Waals surface area contributed by atoms with Gasteiger partial charge >= 0.3 is 13.1 Å². The van der Waals surface area contributed by atoms with Gasteiger partial charge in [0.15, 0.2) is 0 Å². The fraction of sp³-hybridized carbons (Fsp3) is 0.250. The van der Waals surface area contributed by atoms with Crippen molar-refractivity contribution in [3.63, 3.8) is 0 Å². The van der Waals surface area contributed by atoms with Crippen LogP contribution in [0, 0.1) is 0 Å². The normalized spacial score (nSPS) is 14.1. The standard InChI is InChI=1S/C12H13BO4/c1-2-16-11(14)7-6-9-4-3-5-10-8-17-13(15)12(9)10/h3-7,15H,2,8H2,1H3. The summed E-state index contributed by atoms with van der Waals surface area (Å²) in [6.07, 6.45) is 2.99. The number of carbonyl (C=O) groups excluding carboxylic acids is 1. The summed E-state index contributed by atoms with van der Waals surface area (Å²) in [7, 11) is -0.909. The summed E-state index contributed by atoms with van der Waals surface area (Å²) in [5, 5.41) is 9.66. The van der Waals surface area contributed by atoms with Gasteiger partial charge in [-0.25, -0.2) is 4.79 Å². The van der Waals surface area contributed by atoms with Crippen molar-refractivity contribution >= 4 is 24.6 Å². The van der Waals surface area contributed by atoms with Crippen LogP contribution in [0.5, 0.6) is 0 Å². The zero-order valence-corrected chi connectivity index (χ0v) is 9.55. The van der Waals surface area contributed by atoms with Crippen molar-refractivity contribution in [2.24, 2.45) is 0 Å². The summed E-state index contributed by atoms with van der Waals surface area (Å²) in [4.78, 5) is 11.2. The van der Waals surface area contributed by atoms with E-state index in [0.29, 0.717) is 13.2 Å². The monoisotopic (exact) mass is 232 g/mol. The number of esters is 1. The molecule has 0 saturated heterocycles. The molecule has 0 bridgehead atoms. The quantitative estimate of drug-likeness (QED) is 0.468. The zero-order valence-electron chi connectivity index (χ0n) is 9.55. The zero-order chi connectivity index (χ0) is 12.3. The lowest BCUT2D eigenvalue weighted by Gasteiger charge is -2.03. The minimum atomic E-state index is -0.909. The van der Waals surface area contributed by atoms with E-state index in [2.05, 4.69) is 0 Å². The molecule has 0 aliphatic carbocycles. The van der Waals surface area contributed by atoms with Crippen LogP contribution < -0.4 is 5.46 Å². The molecule has 5 heteroatoms. The van der Waals surface area contributed by atoms with Crippen molar-refractivity contribution < 1.29 is 19.2 Å². The van der Waals surface area contributed by atoms with Crippen molar-refractivity contribution in [1.82, 2.24) is 0 Å². The summed E-state index contributed by atoms with van der Waals surface area (Å²) < 4.78 is 9.91. The Morgan fingerprint density at radius 3 is 3.24 bits per heavy atom. The summed E-state index contributed by atoms with van der Waals surface area (Å²) in [5.41, 5.74) is 2.46. The van der Waals surface area contributed by atoms with Crippen LogP contribution in [-0.4, -0.2) is 24.7 Å². The Labute approximate surface area is 100 Å². The van der Waals surface area contributed by atoms with Gasteiger partial charge in [-0.2, -0.15) is 0 Å². The van der Waals surface area contributed by atoms with Crippen LogP contribution in [0.15, 0.2) is 24.3 Å². The SMILES string of the molecule is CCOC(=O)C=Cc1cccc2c1B(O)OC2. The van der Waals surface area contributed by atoms with E-state index in [4.69, 9.17) is 9.39 Å². The first-order valence-electron chi connectivity index (χ1n) is 5.48. The minimum absolute atomic E-state index is 0.349. The van der Waals surface area contributed by atoms with Gasteiger partial charge in [0.2, 0.25) is 0 Å². The van der Waals surface area contributed by atoms with E-state index in [1.807, 2.05) is 18.2 Å². The molecule has 0 atom stereocenters. The third-order valence-corrected chi connectivity index (χ3v) is 2.56. The Hall–Kier alpha value is -1.59. The van der Waals surface area contributed by atoms with Gasteiger partial charge < -0.3 is 14.4 Å². The molecule has 88 valence electrons. The first-order chi connectivity index (χ1) is 8.22. The summed E-state index contributed by atoms with van der Waals surface area (Å²) in [6, 6.07) is 5.59. The molecule has 2 rings (SSSR count). The van der Waals surface area contributed by atoms with E-state index in [1.165, 1.54) is 6.08 Å². The molecule has 1 aromatic carbocycles. The molecular weight excluding hydrogens is 219 g/mol. The van der Waals surface area contributed by atoms with E-state index < -0.39 is 13.1 Å². The molecule has 1 aliphatic heterocycles. The molecule has 1 aliphatic rings. The second-order valence-electron chi connectivity index (χ2n) is 3.67. The number of carbonyl (C=O) groups is 1. The minimum Gasteiger partial charge on any atom is -0.463 e. The number of ether oxygens (including phenoxy) is 1. The number of hydrogen-bond donors (Lipinski definition) is 1. The molecule has 0 amide bonds. The van der Waals surface area contributed by atoms with Gasteiger partial charge in [0.1, 0.15) is 0 Å². The second-order valence-corrected chi connectivity index (χ2v) is 3.67. The highest BCUT2D eigenvalue weighted by Crippen LogP contribution is 2.13. The van der Waals surface area contributed by atoms with Gasteiger partial charge in [-0.1, -0.05) is 18.2 Å². The molecule has 1 aromatic rings. The first-order valence-corrected chi connectivity index (χ1v) is 5.48. The maximum atomic E-state index is 11.2. The highest BCUT2D eigenvalue weighted by atomic mass is 16.5. The van der Waals surface area contributed by atoms with Gasteiger partial charge in [-0.3, -0.25) is 0 Å². The topological polar surface area (TPSA) is 55.8 Å². The van der Waals surface area contributed by atoms with Crippen LogP contribution in [-0.2, 0) is 20.8 Å². The highest BCUT2D eigenvalue weighted by molar-refractivity contribution is 6.62. The summed E-state index contributed by atoms with van der Waals surface area (Å²) in [6.45, 7) is 2.50. The third kappa shape index (κ3) is 2.57. The highest BCUT2D eigenvalue weighted by Gasteiger charge is 2.28. The van der Waals surface area contributed by atoms with Crippen LogP contribution in [0.1, 0.15) is 18.1 Å². The molecular formula is C12H13BO4. The molecule has 1 N–H and O–H groups in total. The van der Waals surface area contributed by atoms with Crippen molar-refractivity contribution in [2.45, 2.75) is 13.5 Å². The molecule has 0 radical (unpaired) electrons. The predicted octanol–water partition coefficient (Wildman–Crippen LogP) is 0.481. The largest absolute Gasteiger partial charge is 0.492 e. The fourth-order valence-electron chi connectivity index (χ4n) is 1.81. The third-order valence-electron chi connectivity index (χ3n) is 2.56. The molecule has 17 heavy (non-hydrogen) atoms. The maximum absolute atomic E-state index is 11.2. The van der Waals surface area contributed by atoms with E-state index in [9.17, 15) is 9.82 Å². The molecule has 0 aromatic heterocycles. The Bertz CT molecular complexity index is 456. The number of hydrogen-bond acceptors (Lipinski definition) is 4. The van der Waals surface area contributed by atoms with Crippen molar-refractivity contribution in [3.05, 3.63) is 35.4 Å². The van der Waals surface area contributed by atoms with Crippen molar-refractivity contribution in [2.75, 3.05) is 6.61 Å². The Morgan fingerprint density at radius 2 is 2.47 bits per heavy atom. The number of benzene rings is 1. The van der Waals surface area contributed by atoms with Crippen LogP contribution in [0.2, 0.25) is 0 Å². The summed E-state index contributed by atoms with van der Waals surface area (Å²) in [5.74, 6) is -0.390.